The highest BCUT2D eigenvalue weighted by Gasteiger charge is 2.15. The Morgan fingerprint density at radius 1 is 0.879 bits per heavy atom. The molecule has 33 heavy (non-hydrogen) atoms. The number of amides is 2. The molecule has 0 aromatic heterocycles. The third-order valence-electron chi connectivity index (χ3n) is 5.99. The SMILES string of the molecule is CC1CCN(Cc2ccc(NC(=O)c3ccc(Oc4ccc(C(N)=O)cc4)cc3)cc2)CC1. The maximum atomic E-state index is 12.6. The van der Waals surface area contributed by atoms with E-state index in [0.717, 1.165) is 31.2 Å². The average molecular weight is 444 g/mol. The van der Waals surface area contributed by atoms with Crippen LogP contribution in [0.5, 0.6) is 11.5 Å². The van der Waals surface area contributed by atoms with E-state index in [1.165, 1.54) is 18.4 Å². The highest BCUT2D eigenvalue weighted by Crippen LogP contribution is 2.23. The first-order chi connectivity index (χ1) is 16.0. The van der Waals surface area contributed by atoms with Crippen molar-refractivity contribution in [2.75, 3.05) is 18.4 Å². The lowest BCUT2D eigenvalue weighted by atomic mass is 9.99. The summed E-state index contributed by atoms with van der Waals surface area (Å²) >= 11 is 0. The Hall–Kier alpha value is -3.64. The van der Waals surface area contributed by atoms with E-state index in [-0.39, 0.29) is 5.91 Å². The third-order valence-corrected chi connectivity index (χ3v) is 5.99. The van der Waals surface area contributed by atoms with Crippen LogP contribution in [-0.2, 0) is 6.54 Å². The second-order valence-corrected chi connectivity index (χ2v) is 8.62. The minimum atomic E-state index is -0.483. The van der Waals surface area contributed by atoms with Gasteiger partial charge in [0, 0.05) is 23.4 Å². The predicted octanol–water partition coefficient (Wildman–Crippen LogP) is 5.06. The van der Waals surface area contributed by atoms with E-state index in [9.17, 15) is 9.59 Å². The van der Waals surface area contributed by atoms with Crippen molar-refractivity contribution in [3.63, 3.8) is 0 Å². The molecule has 1 saturated heterocycles. The number of nitrogens with zero attached hydrogens (tertiary/aromatic N) is 1. The topological polar surface area (TPSA) is 84.7 Å². The Labute approximate surface area is 194 Å². The smallest absolute Gasteiger partial charge is 0.255 e. The van der Waals surface area contributed by atoms with Gasteiger partial charge in [-0.15, -0.1) is 0 Å². The Morgan fingerprint density at radius 3 is 1.97 bits per heavy atom. The molecule has 1 aliphatic heterocycles. The fraction of sp³-hybridized carbons (Fsp3) is 0.259. The molecule has 0 bridgehead atoms. The van der Waals surface area contributed by atoms with E-state index in [4.69, 9.17) is 10.5 Å². The van der Waals surface area contributed by atoms with Crippen LogP contribution in [0.3, 0.4) is 0 Å². The minimum absolute atomic E-state index is 0.176. The van der Waals surface area contributed by atoms with Crippen molar-refractivity contribution in [3.05, 3.63) is 89.5 Å². The molecule has 1 aliphatic rings. The summed E-state index contributed by atoms with van der Waals surface area (Å²) in [6, 6.07) is 21.5. The van der Waals surface area contributed by atoms with Gasteiger partial charge in [0.05, 0.1) is 0 Å². The molecule has 0 unspecified atom stereocenters. The molecule has 170 valence electrons. The summed E-state index contributed by atoms with van der Waals surface area (Å²) in [7, 11) is 0. The first kappa shape index (κ1) is 22.6. The predicted molar refractivity (Wildman–Crippen MR) is 130 cm³/mol. The zero-order valence-corrected chi connectivity index (χ0v) is 18.8. The molecule has 0 aliphatic carbocycles. The monoisotopic (exact) mass is 443 g/mol. The van der Waals surface area contributed by atoms with Crippen LogP contribution in [0, 0.1) is 5.92 Å². The number of piperidine rings is 1. The maximum absolute atomic E-state index is 12.6. The zero-order chi connectivity index (χ0) is 23.2. The lowest BCUT2D eigenvalue weighted by Gasteiger charge is -2.30. The summed E-state index contributed by atoms with van der Waals surface area (Å²) in [5.41, 5.74) is 8.23. The first-order valence-corrected chi connectivity index (χ1v) is 11.3. The van der Waals surface area contributed by atoms with Crippen molar-refractivity contribution in [1.29, 1.82) is 0 Å². The van der Waals surface area contributed by atoms with E-state index in [1.54, 1.807) is 48.5 Å². The number of anilines is 1. The van der Waals surface area contributed by atoms with Crippen molar-refractivity contribution in [2.24, 2.45) is 11.7 Å². The maximum Gasteiger partial charge on any atom is 0.255 e. The molecule has 3 N–H and O–H groups in total. The number of carbonyl (C=O) groups excluding carboxylic acids is 2. The van der Waals surface area contributed by atoms with E-state index >= 15 is 0 Å². The number of hydrogen-bond donors (Lipinski definition) is 2. The molecule has 6 heteroatoms. The molecular weight excluding hydrogens is 414 g/mol. The van der Waals surface area contributed by atoms with Gasteiger partial charge in [0.15, 0.2) is 0 Å². The first-order valence-electron chi connectivity index (χ1n) is 11.3. The molecule has 1 fully saturated rings. The second kappa shape index (κ2) is 10.3. The molecule has 6 nitrogen and oxygen atoms in total. The number of hydrogen-bond acceptors (Lipinski definition) is 4. The molecule has 0 saturated carbocycles. The van der Waals surface area contributed by atoms with Crippen molar-refractivity contribution in [2.45, 2.75) is 26.3 Å². The summed E-state index contributed by atoms with van der Waals surface area (Å²) < 4.78 is 5.76. The van der Waals surface area contributed by atoms with Gasteiger partial charge in [0.2, 0.25) is 5.91 Å². The molecule has 3 aromatic carbocycles. The molecule has 0 atom stereocenters. The number of ether oxygens (including phenoxy) is 1. The standard InChI is InChI=1S/C27H29N3O3/c1-19-14-16-30(17-15-19)18-20-2-8-23(9-3-20)29-27(32)22-6-12-25(13-7-22)33-24-10-4-21(5-11-24)26(28)31/h2-13,19H,14-18H2,1H3,(H2,28,31)(H,29,32). The molecule has 2 amide bonds. The number of nitrogens with one attached hydrogen (secondary N) is 1. The van der Waals surface area contributed by atoms with Gasteiger partial charge in [-0.05, 0) is 98.1 Å². The third kappa shape index (κ3) is 6.20. The fourth-order valence-corrected chi connectivity index (χ4v) is 3.87. The molecular formula is C27H29N3O3. The van der Waals surface area contributed by atoms with Gasteiger partial charge >= 0.3 is 0 Å². The normalized spacial score (nSPS) is 14.6. The largest absolute Gasteiger partial charge is 0.457 e. The number of nitrogens with two attached hydrogens (primary N) is 1. The fourth-order valence-electron chi connectivity index (χ4n) is 3.87. The van der Waals surface area contributed by atoms with Gasteiger partial charge in [-0.3, -0.25) is 14.5 Å². The van der Waals surface area contributed by atoms with E-state index in [2.05, 4.69) is 29.3 Å². The van der Waals surface area contributed by atoms with E-state index in [0.29, 0.717) is 22.6 Å². The lowest BCUT2D eigenvalue weighted by molar-refractivity contribution is 0.0997. The van der Waals surface area contributed by atoms with Crippen molar-refractivity contribution in [1.82, 2.24) is 4.90 Å². The highest BCUT2D eigenvalue weighted by atomic mass is 16.5. The molecule has 3 aromatic rings. The van der Waals surface area contributed by atoms with Crippen LogP contribution < -0.4 is 15.8 Å². The summed E-state index contributed by atoms with van der Waals surface area (Å²) in [6.07, 6.45) is 2.53. The Balaban J connectivity index is 1.30. The van der Waals surface area contributed by atoms with Gasteiger partial charge in [0.1, 0.15) is 11.5 Å². The Kier molecular flexibility index (Phi) is 7.05. The van der Waals surface area contributed by atoms with Crippen LogP contribution in [-0.4, -0.2) is 29.8 Å². The lowest BCUT2D eigenvalue weighted by Crippen LogP contribution is -2.32. The number of benzene rings is 3. The van der Waals surface area contributed by atoms with E-state index in [1.807, 2.05) is 12.1 Å². The van der Waals surface area contributed by atoms with Crippen LogP contribution in [0.1, 0.15) is 46.0 Å². The van der Waals surface area contributed by atoms with Gasteiger partial charge in [-0.1, -0.05) is 19.1 Å². The van der Waals surface area contributed by atoms with Gasteiger partial charge in [-0.2, -0.15) is 0 Å². The molecule has 0 spiro atoms. The minimum Gasteiger partial charge on any atom is -0.457 e. The number of carbonyl (C=O) groups is 2. The quantitative estimate of drug-likeness (QED) is 0.534. The van der Waals surface area contributed by atoms with Gasteiger partial charge < -0.3 is 15.8 Å². The van der Waals surface area contributed by atoms with Crippen LogP contribution in [0.25, 0.3) is 0 Å². The van der Waals surface area contributed by atoms with E-state index < -0.39 is 5.91 Å². The van der Waals surface area contributed by atoms with Gasteiger partial charge in [-0.25, -0.2) is 0 Å². The second-order valence-electron chi connectivity index (χ2n) is 8.62. The van der Waals surface area contributed by atoms with Crippen LogP contribution in [0.4, 0.5) is 5.69 Å². The van der Waals surface area contributed by atoms with Crippen molar-refractivity contribution in [3.8, 4) is 11.5 Å². The van der Waals surface area contributed by atoms with Crippen LogP contribution in [0.2, 0.25) is 0 Å². The molecule has 4 rings (SSSR count). The highest BCUT2D eigenvalue weighted by molar-refractivity contribution is 6.04. The van der Waals surface area contributed by atoms with Crippen molar-refractivity contribution < 1.29 is 14.3 Å². The number of rotatable bonds is 7. The van der Waals surface area contributed by atoms with Crippen LogP contribution >= 0.6 is 0 Å². The van der Waals surface area contributed by atoms with Gasteiger partial charge in [0.25, 0.3) is 5.91 Å². The number of primary amides is 1. The van der Waals surface area contributed by atoms with Crippen LogP contribution in [0.15, 0.2) is 72.8 Å². The summed E-state index contributed by atoms with van der Waals surface area (Å²) in [6.45, 7) is 5.57. The number of likely N-dealkylation sites (tertiary alicyclic amines) is 1. The summed E-state index contributed by atoms with van der Waals surface area (Å²) in [4.78, 5) is 26.3. The molecule has 0 radical (unpaired) electrons. The Morgan fingerprint density at radius 2 is 1.42 bits per heavy atom. The Bertz CT molecular complexity index is 1080. The summed E-state index contributed by atoms with van der Waals surface area (Å²) in [5.74, 6) is 1.34. The summed E-state index contributed by atoms with van der Waals surface area (Å²) in [5, 5.41) is 2.94. The average Bonchev–Trinajstić information content (AvgIpc) is 2.82. The zero-order valence-electron chi connectivity index (χ0n) is 18.8. The molecule has 1 heterocycles. The van der Waals surface area contributed by atoms with Crippen molar-refractivity contribution >= 4 is 17.5 Å².